The minimum Gasteiger partial charge on any atom is -0.497 e. The number of methoxy groups -OCH3 is 1. The van der Waals surface area contributed by atoms with Gasteiger partial charge in [-0.25, -0.2) is 0 Å². The van der Waals surface area contributed by atoms with Gasteiger partial charge in [0.2, 0.25) is 0 Å². The molecule has 2 heteroatoms. The molecule has 0 radical (unpaired) electrons. The molecule has 3 atom stereocenters. The third kappa shape index (κ3) is 1.77. The van der Waals surface area contributed by atoms with Crippen LogP contribution < -0.4 is 4.74 Å². The summed E-state index contributed by atoms with van der Waals surface area (Å²) >= 11 is 0. The fourth-order valence-corrected chi connectivity index (χ4v) is 4.83. The van der Waals surface area contributed by atoms with Crippen molar-refractivity contribution in [1.29, 1.82) is 0 Å². The van der Waals surface area contributed by atoms with Crippen molar-refractivity contribution >= 4 is 10.9 Å². The first-order chi connectivity index (χ1) is 11.8. The maximum absolute atomic E-state index is 5.34. The van der Waals surface area contributed by atoms with E-state index in [-0.39, 0.29) is 0 Å². The molecule has 0 amide bonds. The molecule has 0 unspecified atom stereocenters. The smallest absolute Gasteiger partial charge is 0.118 e. The first-order valence-corrected chi connectivity index (χ1v) is 8.67. The van der Waals surface area contributed by atoms with Crippen LogP contribution in [0, 0.1) is 5.92 Å². The highest BCUT2D eigenvalue weighted by atomic mass is 16.5. The van der Waals surface area contributed by atoms with E-state index >= 15 is 0 Å². The lowest BCUT2D eigenvalue weighted by Gasteiger charge is -2.31. The number of benzene rings is 2. The number of hydrogen-bond donors (Lipinski definition) is 0. The third-order valence-electron chi connectivity index (χ3n) is 5.87. The zero-order valence-electron chi connectivity index (χ0n) is 14.1. The third-order valence-corrected chi connectivity index (χ3v) is 5.87. The maximum atomic E-state index is 5.34. The van der Waals surface area contributed by atoms with Gasteiger partial charge in [-0.3, -0.25) is 0 Å². The van der Waals surface area contributed by atoms with Crippen LogP contribution >= 0.6 is 0 Å². The Labute approximate surface area is 142 Å². The van der Waals surface area contributed by atoms with E-state index in [4.69, 9.17) is 4.74 Å². The molecule has 1 aromatic heterocycles. The quantitative estimate of drug-likeness (QED) is 0.608. The van der Waals surface area contributed by atoms with Crippen LogP contribution in [0.25, 0.3) is 10.9 Å². The Morgan fingerprint density at radius 3 is 2.58 bits per heavy atom. The van der Waals surface area contributed by atoms with Gasteiger partial charge in [-0.2, -0.15) is 0 Å². The van der Waals surface area contributed by atoms with E-state index in [0.717, 1.165) is 5.75 Å². The minimum absolute atomic E-state index is 0.437. The topological polar surface area (TPSA) is 14.2 Å². The van der Waals surface area contributed by atoms with E-state index in [1.807, 2.05) is 0 Å². The molecule has 0 spiro atoms. The second-order valence-electron chi connectivity index (χ2n) is 7.02. The van der Waals surface area contributed by atoms with Crippen molar-refractivity contribution in [2.24, 2.45) is 13.0 Å². The number of hydrogen-bond acceptors (Lipinski definition) is 1. The van der Waals surface area contributed by atoms with Gasteiger partial charge in [0, 0.05) is 35.5 Å². The summed E-state index contributed by atoms with van der Waals surface area (Å²) in [7, 11) is 3.95. The molecular formula is C22H21NO. The van der Waals surface area contributed by atoms with Gasteiger partial charge in [-0.15, -0.1) is 0 Å². The summed E-state index contributed by atoms with van der Waals surface area (Å²) in [4.78, 5) is 0. The van der Waals surface area contributed by atoms with E-state index in [1.165, 1.54) is 34.1 Å². The number of ether oxygens (including phenoxy) is 1. The highest BCUT2D eigenvalue weighted by Gasteiger charge is 2.40. The van der Waals surface area contributed by atoms with Crippen LogP contribution in [0.4, 0.5) is 0 Å². The average Bonchev–Trinajstić information content (AvgIpc) is 3.17. The van der Waals surface area contributed by atoms with Gasteiger partial charge < -0.3 is 9.30 Å². The van der Waals surface area contributed by atoms with Gasteiger partial charge >= 0.3 is 0 Å². The second kappa shape index (κ2) is 5.01. The Morgan fingerprint density at radius 1 is 1.00 bits per heavy atom. The van der Waals surface area contributed by atoms with E-state index in [1.54, 1.807) is 7.11 Å². The molecule has 24 heavy (non-hydrogen) atoms. The predicted octanol–water partition coefficient (Wildman–Crippen LogP) is 4.99. The van der Waals surface area contributed by atoms with Gasteiger partial charge in [-0.05, 0) is 41.7 Å². The number of nitrogens with zero attached hydrogens (tertiary/aromatic N) is 1. The Balaban J connectivity index is 1.78. The summed E-state index contributed by atoms with van der Waals surface area (Å²) in [6, 6.07) is 17.5. The first kappa shape index (κ1) is 13.9. The molecular weight excluding hydrogens is 294 g/mol. The lowest BCUT2D eigenvalue weighted by Crippen LogP contribution is -2.20. The molecule has 2 aliphatic rings. The molecule has 0 saturated heterocycles. The molecule has 2 aromatic carbocycles. The van der Waals surface area contributed by atoms with E-state index < -0.39 is 0 Å². The lowest BCUT2D eigenvalue weighted by atomic mass is 9.73. The van der Waals surface area contributed by atoms with Crippen LogP contribution in [-0.2, 0) is 7.05 Å². The molecule has 1 heterocycles. The fourth-order valence-electron chi connectivity index (χ4n) is 4.83. The Bertz CT molecular complexity index is 948. The van der Waals surface area contributed by atoms with Gasteiger partial charge in [-0.1, -0.05) is 42.5 Å². The summed E-state index contributed by atoms with van der Waals surface area (Å²) in [6.07, 6.45) is 6.09. The van der Waals surface area contributed by atoms with Crippen LogP contribution in [0.2, 0.25) is 0 Å². The SMILES string of the molecule is COc1ccc([C@H]2c3c(n(C)c4ccccc34)[C@H]3C=C[C@@H]2C3)cc1. The van der Waals surface area contributed by atoms with Crippen molar-refractivity contribution in [3.05, 3.63) is 77.5 Å². The molecule has 2 aliphatic carbocycles. The van der Waals surface area contributed by atoms with Crippen molar-refractivity contribution in [1.82, 2.24) is 4.57 Å². The number of aromatic nitrogens is 1. The Kier molecular flexibility index (Phi) is 2.90. The molecule has 3 aromatic rings. The number of rotatable bonds is 2. The normalized spacial score (nSPS) is 24.3. The standard InChI is InChI=1S/C22H21NO/c1-23-19-6-4-3-5-18(19)21-20(14-9-11-17(24-2)12-10-14)15-7-8-16(13-15)22(21)23/h3-12,15-16,20H,13H2,1-2H3/t15-,16+,20-/m1/s1. The van der Waals surface area contributed by atoms with E-state index in [9.17, 15) is 0 Å². The van der Waals surface area contributed by atoms with Gasteiger partial charge in [0.25, 0.3) is 0 Å². The molecule has 0 N–H and O–H groups in total. The van der Waals surface area contributed by atoms with Crippen molar-refractivity contribution < 1.29 is 4.74 Å². The lowest BCUT2D eigenvalue weighted by molar-refractivity contribution is 0.414. The fraction of sp³-hybridized carbons (Fsp3) is 0.273. The molecule has 0 fully saturated rings. The largest absolute Gasteiger partial charge is 0.497 e. The monoisotopic (exact) mass is 315 g/mol. The summed E-state index contributed by atoms with van der Waals surface area (Å²) < 4.78 is 7.76. The molecule has 120 valence electrons. The molecule has 2 bridgehead atoms. The second-order valence-corrected chi connectivity index (χ2v) is 7.02. The molecule has 5 rings (SSSR count). The van der Waals surface area contributed by atoms with Gasteiger partial charge in [0.15, 0.2) is 0 Å². The van der Waals surface area contributed by atoms with E-state index in [0.29, 0.717) is 17.8 Å². The number of allylic oxidation sites excluding steroid dienone is 2. The molecule has 0 aliphatic heterocycles. The highest BCUT2D eigenvalue weighted by Crippen LogP contribution is 2.53. The molecule has 2 nitrogen and oxygen atoms in total. The van der Waals surface area contributed by atoms with Crippen molar-refractivity contribution in [3.63, 3.8) is 0 Å². The zero-order valence-corrected chi connectivity index (χ0v) is 14.1. The van der Waals surface area contributed by atoms with Crippen molar-refractivity contribution in [2.45, 2.75) is 18.3 Å². The average molecular weight is 315 g/mol. The van der Waals surface area contributed by atoms with E-state index in [2.05, 4.69) is 72.3 Å². The minimum atomic E-state index is 0.437. The molecule has 0 saturated carbocycles. The number of fused-ring (bicyclic) bond motifs is 6. The number of aryl methyl sites for hydroxylation is 1. The predicted molar refractivity (Wildman–Crippen MR) is 97.7 cm³/mol. The number of para-hydroxylation sites is 1. The Morgan fingerprint density at radius 2 is 1.79 bits per heavy atom. The maximum Gasteiger partial charge on any atom is 0.118 e. The van der Waals surface area contributed by atoms with Gasteiger partial charge in [0.05, 0.1) is 7.11 Å². The highest BCUT2D eigenvalue weighted by molar-refractivity contribution is 5.87. The van der Waals surface area contributed by atoms with Crippen LogP contribution in [-0.4, -0.2) is 11.7 Å². The van der Waals surface area contributed by atoms with Crippen LogP contribution in [0.15, 0.2) is 60.7 Å². The first-order valence-electron chi connectivity index (χ1n) is 8.67. The summed E-state index contributed by atoms with van der Waals surface area (Å²) in [5.74, 6) is 2.53. The van der Waals surface area contributed by atoms with Gasteiger partial charge in [0.1, 0.15) is 5.75 Å². The Hall–Kier alpha value is -2.48. The van der Waals surface area contributed by atoms with Crippen LogP contribution in [0.1, 0.15) is 35.1 Å². The van der Waals surface area contributed by atoms with Crippen LogP contribution in [0.3, 0.4) is 0 Å². The summed E-state index contributed by atoms with van der Waals surface area (Å²) in [5.41, 5.74) is 5.77. The zero-order chi connectivity index (χ0) is 16.3. The summed E-state index contributed by atoms with van der Waals surface area (Å²) in [6.45, 7) is 0. The van der Waals surface area contributed by atoms with Crippen LogP contribution in [0.5, 0.6) is 5.75 Å². The van der Waals surface area contributed by atoms with Crippen molar-refractivity contribution in [3.8, 4) is 5.75 Å². The summed E-state index contributed by atoms with van der Waals surface area (Å²) in [5, 5.41) is 1.41. The van der Waals surface area contributed by atoms with Crippen molar-refractivity contribution in [2.75, 3.05) is 7.11 Å².